The summed E-state index contributed by atoms with van der Waals surface area (Å²) in [5, 5.41) is 2.61. The molecule has 38 heavy (non-hydrogen) atoms. The Morgan fingerprint density at radius 3 is 2.37 bits per heavy atom. The SMILES string of the molecule is CC(C)CN(C[C@H]([C@H](Cc1ccccc1)NC(=O)O[C@H]1CCOC1)P(=O)(O)O)S(=O)(=O)c1ccc(N)cc1. The minimum atomic E-state index is -4.95. The predicted octanol–water partition coefficient (Wildman–Crippen LogP) is 2.59. The highest BCUT2D eigenvalue weighted by atomic mass is 32.2. The van der Waals surface area contributed by atoms with Crippen molar-refractivity contribution < 1.29 is 37.0 Å². The number of carbonyl (C=O) groups is 1. The van der Waals surface area contributed by atoms with E-state index in [-0.39, 0.29) is 30.4 Å². The van der Waals surface area contributed by atoms with Crippen LogP contribution in [0.1, 0.15) is 25.8 Å². The molecule has 1 saturated heterocycles. The number of hydrogen-bond acceptors (Lipinski definition) is 7. The first-order valence-electron chi connectivity index (χ1n) is 12.4. The third-order valence-corrected chi connectivity index (χ3v) is 9.37. The minimum Gasteiger partial charge on any atom is -0.444 e. The summed E-state index contributed by atoms with van der Waals surface area (Å²) in [7, 11) is -9.10. The normalized spacial score (nSPS) is 17.9. The quantitative estimate of drug-likeness (QED) is 0.222. The third kappa shape index (κ3) is 8.52. The molecule has 11 nitrogen and oxygen atoms in total. The van der Waals surface area contributed by atoms with Crippen LogP contribution in [0.5, 0.6) is 0 Å². The Hall–Kier alpha value is -2.47. The van der Waals surface area contributed by atoms with E-state index in [9.17, 15) is 27.6 Å². The van der Waals surface area contributed by atoms with Gasteiger partial charge in [0.1, 0.15) is 6.10 Å². The molecule has 1 aliphatic rings. The van der Waals surface area contributed by atoms with E-state index in [1.807, 2.05) is 0 Å². The molecule has 0 saturated carbocycles. The lowest BCUT2D eigenvalue weighted by molar-refractivity contribution is 0.0802. The number of nitrogens with one attached hydrogen (secondary N) is 1. The Bertz CT molecular complexity index is 1200. The number of alkyl carbamates (subject to hydrolysis) is 1. The van der Waals surface area contributed by atoms with Crippen molar-refractivity contribution in [2.24, 2.45) is 5.92 Å². The number of anilines is 1. The number of ether oxygens (including phenoxy) is 2. The average molecular weight is 570 g/mol. The number of nitrogens with zero attached hydrogens (tertiary/aromatic N) is 1. The zero-order valence-electron chi connectivity index (χ0n) is 21.5. The molecule has 0 bridgehead atoms. The molecule has 1 fully saturated rings. The lowest BCUT2D eigenvalue weighted by Gasteiger charge is -2.33. The Labute approximate surface area is 223 Å². The Morgan fingerprint density at radius 1 is 1.16 bits per heavy atom. The summed E-state index contributed by atoms with van der Waals surface area (Å²) in [5.41, 5.74) is 5.24. The molecule has 3 atom stereocenters. The van der Waals surface area contributed by atoms with E-state index in [1.54, 1.807) is 44.2 Å². The van der Waals surface area contributed by atoms with E-state index in [0.717, 1.165) is 4.31 Å². The molecule has 2 aromatic rings. The van der Waals surface area contributed by atoms with Gasteiger partial charge in [0.25, 0.3) is 0 Å². The van der Waals surface area contributed by atoms with Crippen LogP contribution in [0.3, 0.4) is 0 Å². The second kappa shape index (κ2) is 13.1. The Kier molecular flexibility index (Phi) is 10.3. The van der Waals surface area contributed by atoms with E-state index in [0.29, 0.717) is 24.3 Å². The zero-order chi connectivity index (χ0) is 27.9. The number of hydrogen-bond donors (Lipinski definition) is 4. The van der Waals surface area contributed by atoms with Crippen LogP contribution in [-0.4, -0.2) is 72.7 Å². The summed E-state index contributed by atoms with van der Waals surface area (Å²) >= 11 is 0. The summed E-state index contributed by atoms with van der Waals surface area (Å²) < 4.78 is 51.7. The Morgan fingerprint density at radius 2 is 1.82 bits per heavy atom. The van der Waals surface area contributed by atoms with Gasteiger partial charge >= 0.3 is 13.7 Å². The maximum Gasteiger partial charge on any atom is 0.407 e. The topological polar surface area (TPSA) is 168 Å². The van der Waals surface area contributed by atoms with Crippen molar-refractivity contribution in [2.75, 3.05) is 32.0 Å². The fourth-order valence-corrected chi connectivity index (χ4v) is 7.04. The number of rotatable bonds is 12. The van der Waals surface area contributed by atoms with Crippen molar-refractivity contribution >= 4 is 29.4 Å². The van der Waals surface area contributed by atoms with E-state index in [1.165, 1.54) is 24.3 Å². The van der Waals surface area contributed by atoms with Crippen molar-refractivity contribution in [3.63, 3.8) is 0 Å². The van der Waals surface area contributed by atoms with Crippen LogP contribution in [0.4, 0.5) is 10.5 Å². The van der Waals surface area contributed by atoms with Crippen molar-refractivity contribution in [3.8, 4) is 0 Å². The van der Waals surface area contributed by atoms with E-state index in [4.69, 9.17) is 15.2 Å². The summed E-state index contributed by atoms with van der Waals surface area (Å²) in [4.78, 5) is 33.6. The van der Waals surface area contributed by atoms with Gasteiger partial charge in [-0.05, 0) is 42.2 Å². The molecule has 0 aliphatic carbocycles. The third-order valence-electron chi connectivity index (χ3n) is 6.14. The molecule has 0 aromatic heterocycles. The van der Waals surface area contributed by atoms with Gasteiger partial charge < -0.3 is 30.3 Å². The van der Waals surface area contributed by atoms with E-state index < -0.39 is 48.1 Å². The fourth-order valence-electron chi connectivity index (χ4n) is 4.24. The second-order valence-electron chi connectivity index (χ2n) is 9.77. The molecule has 3 rings (SSSR count). The molecule has 13 heteroatoms. The van der Waals surface area contributed by atoms with Crippen LogP contribution in [0.25, 0.3) is 0 Å². The number of sulfonamides is 1. The van der Waals surface area contributed by atoms with Gasteiger partial charge in [0.05, 0.1) is 29.8 Å². The van der Waals surface area contributed by atoms with Crippen molar-refractivity contribution in [1.29, 1.82) is 0 Å². The average Bonchev–Trinajstić information content (AvgIpc) is 3.34. The van der Waals surface area contributed by atoms with Gasteiger partial charge in [-0.2, -0.15) is 4.31 Å². The van der Waals surface area contributed by atoms with Gasteiger partial charge in [-0.15, -0.1) is 0 Å². The predicted molar refractivity (Wildman–Crippen MR) is 143 cm³/mol. The van der Waals surface area contributed by atoms with Crippen LogP contribution in [0.15, 0.2) is 59.5 Å². The first kappa shape index (κ1) is 30.1. The number of carbonyl (C=O) groups excluding carboxylic acids is 1. The maximum absolute atomic E-state index is 13.6. The van der Waals surface area contributed by atoms with Crippen molar-refractivity contribution in [3.05, 3.63) is 60.2 Å². The largest absolute Gasteiger partial charge is 0.444 e. The van der Waals surface area contributed by atoms with Crippen LogP contribution in [-0.2, 0) is 30.5 Å². The molecular weight excluding hydrogens is 533 g/mol. The molecular formula is C25H36N3O8PS. The lowest BCUT2D eigenvalue weighted by atomic mass is 10.0. The van der Waals surface area contributed by atoms with Crippen LogP contribution < -0.4 is 11.1 Å². The summed E-state index contributed by atoms with van der Waals surface area (Å²) in [6.07, 6.45) is -0.758. The second-order valence-corrected chi connectivity index (χ2v) is 13.6. The van der Waals surface area contributed by atoms with Crippen molar-refractivity contribution in [2.45, 2.75) is 49.4 Å². The highest BCUT2D eigenvalue weighted by Crippen LogP contribution is 2.44. The van der Waals surface area contributed by atoms with E-state index in [2.05, 4.69) is 5.32 Å². The fraction of sp³-hybridized carbons (Fsp3) is 0.480. The number of benzene rings is 2. The smallest absolute Gasteiger partial charge is 0.407 e. The molecule has 2 aromatic carbocycles. The first-order chi connectivity index (χ1) is 17.9. The monoisotopic (exact) mass is 569 g/mol. The summed E-state index contributed by atoms with van der Waals surface area (Å²) in [5.74, 6) is -0.149. The maximum atomic E-state index is 13.6. The first-order valence-corrected chi connectivity index (χ1v) is 15.5. The van der Waals surface area contributed by atoms with Crippen LogP contribution in [0.2, 0.25) is 0 Å². The van der Waals surface area contributed by atoms with Crippen LogP contribution >= 0.6 is 7.60 Å². The highest BCUT2D eigenvalue weighted by molar-refractivity contribution is 7.89. The summed E-state index contributed by atoms with van der Waals surface area (Å²) in [6.45, 7) is 3.77. The van der Waals surface area contributed by atoms with Gasteiger partial charge in [-0.3, -0.25) is 4.57 Å². The molecule has 1 amide bonds. The van der Waals surface area contributed by atoms with Gasteiger partial charge in [0.2, 0.25) is 10.0 Å². The van der Waals surface area contributed by atoms with Crippen molar-refractivity contribution in [1.82, 2.24) is 9.62 Å². The highest BCUT2D eigenvalue weighted by Gasteiger charge is 2.42. The van der Waals surface area contributed by atoms with Gasteiger partial charge in [-0.25, -0.2) is 13.2 Å². The molecule has 5 N–H and O–H groups in total. The summed E-state index contributed by atoms with van der Waals surface area (Å²) in [6, 6.07) is 13.3. The molecule has 1 heterocycles. The van der Waals surface area contributed by atoms with Gasteiger partial charge in [0, 0.05) is 25.2 Å². The van der Waals surface area contributed by atoms with Gasteiger partial charge in [0.15, 0.2) is 0 Å². The lowest BCUT2D eigenvalue weighted by Crippen LogP contribution is -2.51. The molecule has 210 valence electrons. The molecule has 0 unspecified atom stereocenters. The Balaban J connectivity index is 1.96. The molecule has 1 aliphatic heterocycles. The number of nitrogens with two attached hydrogens (primary N) is 1. The molecule has 0 spiro atoms. The van der Waals surface area contributed by atoms with Crippen LogP contribution in [0, 0.1) is 5.92 Å². The van der Waals surface area contributed by atoms with Gasteiger partial charge in [-0.1, -0.05) is 44.2 Å². The van der Waals surface area contributed by atoms with E-state index >= 15 is 0 Å². The number of amides is 1. The minimum absolute atomic E-state index is 0.00509. The molecule has 0 radical (unpaired) electrons. The number of nitrogen functional groups attached to an aromatic ring is 1. The standard InChI is InChI=1S/C25H36N3O8PS/c1-18(2)15-28(38(33,34)22-10-8-20(26)9-11-22)16-24(37(30,31)32)23(14-19-6-4-3-5-7-19)27-25(29)36-21-12-13-35-17-21/h3-11,18,21,23-24H,12-17,26H2,1-2H3,(H,27,29)(H2,30,31,32)/t21-,23-,24+/m0/s1. The zero-order valence-corrected chi connectivity index (χ0v) is 23.2.